The summed E-state index contributed by atoms with van der Waals surface area (Å²) in [6, 6.07) is 4.92. The zero-order chi connectivity index (χ0) is 17.1. The van der Waals surface area contributed by atoms with Crippen LogP contribution in [0.25, 0.3) is 0 Å². The molecule has 1 aromatic carbocycles. The first kappa shape index (κ1) is 17.8. The maximum absolute atomic E-state index is 12.8. The molecule has 1 amide bonds. The Balaban J connectivity index is 2.23. The van der Waals surface area contributed by atoms with Crippen LogP contribution in [0.5, 0.6) is 0 Å². The van der Waals surface area contributed by atoms with Gasteiger partial charge in [0, 0.05) is 30.3 Å². The molecule has 1 saturated heterocycles. The van der Waals surface area contributed by atoms with Crippen LogP contribution < -0.4 is 0 Å². The quantitative estimate of drug-likeness (QED) is 0.894. The van der Waals surface area contributed by atoms with Crippen LogP contribution in [0.2, 0.25) is 5.02 Å². The Labute approximate surface area is 141 Å². The van der Waals surface area contributed by atoms with Gasteiger partial charge in [-0.1, -0.05) is 31.5 Å². The van der Waals surface area contributed by atoms with E-state index >= 15 is 0 Å². The van der Waals surface area contributed by atoms with E-state index in [-0.39, 0.29) is 30.4 Å². The third-order valence-corrected chi connectivity index (χ3v) is 4.58. The fourth-order valence-corrected chi connectivity index (χ4v) is 3.38. The van der Waals surface area contributed by atoms with Gasteiger partial charge in [0.15, 0.2) is 0 Å². The van der Waals surface area contributed by atoms with Crippen LogP contribution in [0.3, 0.4) is 0 Å². The van der Waals surface area contributed by atoms with Crippen molar-refractivity contribution in [2.24, 2.45) is 0 Å². The van der Waals surface area contributed by atoms with Gasteiger partial charge in [0.25, 0.3) is 5.91 Å². The number of amides is 1. The van der Waals surface area contributed by atoms with Gasteiger partial charge in [-0.2, -0.15) is 0 Å². The second-order valence-electron chi connectivity index (χ2n) is 6.19. The maximum Gasteiger partial charge on any atom is 0.305 e. The van der Waals surface area contributed by atoms with E-state index in [0.717, 1.165) is 5.56 Å². The molecular weight excluding hydrogens is 318 g/mol. The summed E-state index contributed by atoms with van der Waals surface area (Å²) in [5.41, 5.74) is 1.47. The van der Waals surface area contributed by atoms with Gasteiger partial charge in [0.2, 0.25) is 0 Å². The molecular formula is C17H22ClNO4. The number of carbonyl (C=O) groups excluding carboxylic acids is 1. The van der Waals surface area contributed by atoms with E-state index in [9.17, 15) is 9.59 Å². The summed E-state index contributed by atoms with van der Waals surface area (Å²) in [4.78, 5) is 25.4. The Morgan fingerprint density at radius 3 is 2.65 bits per heavy atom. The number of benzene rings is 1. The van der Waals surface area contributed by atoms with Crippen molar-refractivity contribution in [2.45, 2.75) is 44.8 Å². The molecule has 0 aromatic heterocycles. The van der Waals surface area contributed by atoms with Crippen LogP contribution in [0.15, 0.2) is 18.2 Å². The van der Waals surface area contributed by atoms with Gasteiger partial charge in [-0.05, 0) is 30.0 Å². The minimum atomic E-state index is -0.919. The minimum Gasteiger partial charge on any atom is -0.481 e. The van der Waals surface area contributed by atoms with Crippen LogP contribution in [0.4, 0.5) is 0 Å². The largest absolute Gasteiger partial charge is 0.481 e. The molecule has 1 heterocycles. The molecule has 0 saturated carbocycles. The summed E-state index contributed by atoms with van der Waals surface area (Å²) >= 11 is 6.26. The third-order valence-electron chi connectivity index (χ3n) is 4.25. The molecule has 126 valence electrons. The second-order valence-corrected chi connectivity index (χ2v) is 6.60. The predicted octanol–water partition coefficient (Wildman–Crippen LogP) is 3.17. The van der Waals surface area contributed by atoms with Gasteiger partial charge in [0.1, 0.15) is 0 Å². The summed E-state index contributed by atoms with van der Waals surface area (Å²) in [6.45, 7) is 4.47. The molecule has 1 fully saturated rings. The maximum atomic E-state index is 12.8. The van der Waals surface area contributed by atoms with Crippen LogP contribution in [-0.2, 0) is 9.53 Å². The summed E-state index contributed by atoms with van der Waals surface area (Å²) in [6.07, 6.45) is 0.323. The molecule has 2 rings (SSSR count). The SMILES string of the molecule is COC1CC(CC(=O)O)N(C(=O)c2ccc(C(C)C)c(Cl)c2)C1. The summed E-state index contributed by atoms with van der Waals surface area (Å²) in [5.74, 6) is -0.846. The van der Waals surface area contributed by atoms with Crippen molar-refractivity contribution in [2.75, 3.05) is 13.7 Å². The molecule has 1 N–H and O–H groups in total. The first-order chi connectivity index (χ1) is 10.8. The molecule has 0 aliphatic carbocycles. The zero-order valence-corrected chi connectivity index (χ0v) is 14.3. The number of rotatable bonds is 5. The second kappa shape index (κ2) is 7.32. The number of ether oxygens (including phenoxy) is 1. The van der Waals surface area contributed by atoms with E-state index < -0.39 is 5.97 Å². The van der Waals surface area contributed by atoms with E-state index in [4.69, 9.17) is 21.4 Å². The third kappa shape index (κ3) is 4.03. The molecule has 6 heteroatoms. The number of likely N-dealkylation sites (tertiary alicyclic amines) is 1. The molecule has 1 aliphatic heterocycles. The highest BCUT2D eigenvalue weighted by Crippen LogP contribution is 2.28. The molecule has 2 atom stereocenters. The van der Waals surface area contributed by atoms with Gasteiger partial charge in [-0.25, -0.2) is 0 Å². The van der Waals surface area contributed by atoms with E-state index in [2.05, 4.69) is 0 Å². The minimum absolute atomic E-state index is 0.0800. The molecule has 23 heavy (non-hydrogen) atoms. The molecule has 5 nitrogen and oxygen atoms in total. The molecule has 1 aliphatic rings. The lowest BCUT2D eigenvalue weighted by Crippen LogP contribution is -2.37. The van der Waals surface area contributed by atoms with Gasteiger partial charge in [-0.3, -0.25) is 9.59 Å². The van der Waals surface area contributed by atoms with Crippen LogP contribution in [-0.4, -0.2) is 47.7 Å². The summed E-state index contributed by atoms with van der Waals surface area (Å²) < 4.78 is 5.30. The lowest BCUT2D eigenvalue weighted by molar-refractivity contribution is -0.137. The van der Waals surface area contributed by atoms with Crippen LogP contribution >= 0.6 is 11.6 Å². The summed E-state index contributed by atoms with van der Waals surface area (Å²) in [7, 11) is 1.57. The zero-order valence-electron chi connectivity index (χ0n) is 13.6. The van der Waals surface area contributed by atoms with Crippen molar-refractivity contribution in [3.8, 4) is 0 Å². The highest BCUT2D eigenvalue weighted by Gasteiger charge is 2.37. The number of halogens is 1. The highest BCUT2D eigenvalue weighted by atomic mass is 35.5. The van der Waals surface area contributed by atoms with E-state index in [0.29, 0.717) is 23.6 Å². The predicted molar refractivity (Wildman–Crippen MR) is 88.0 cm³/mol. The fourth-order valence-electron chi connectivity index (χ4n) is 2.98. The Kier molecular flexibility index (Phi) is 5.65. The smallest absolute Gasteiger partial charge is 0.305 e. The number of methoxy groups -OCH3 is 1. The number of nitrogens with zero attached hydrogens (tertiary/aromatic N) is 1. The number of hydrogen-bond acceptors (Lipinski definition) is 3. The van der Waals surface area contributed by atoms with E-state index in [1.165, 1.54) is 0 Å². The Hall–Kier alpha value is -1.59. The van der Waals surface area contributed by atoms with Crippen LogP contribution in [0.1, 0.15) is 48.5 Å². The molecule has 0 spiro atoms. The van der Waals surface area contributed by atoms with Gasteiger partial charge in [-0.15, -0.1) is 0 Å². The Morgan fingerprint density at radius 2 is 2.13 bits per heavy atom. The van der Waals surface area contributed by atoms with E-state index in [1.807, 2.05) is 19.9 Å². The lowest BCUT2D eigenvalue weighted by Gasteiger charge is -2.23. The monoisotopic (exact) mass is 339 g/mol. The average Bonchev–Trinajstić information content (AvgIpc) is 2.88. The summed E-state index contributed by atoms with van der Waals surface area (Å²) in [5, 5.41) is 9.60. The van der Waals surface area contributed by atoms with Crippen molar-refractivity contribution >= 4 is 23.5 Å². The van der Waals surface area contributed by atoms with Crippen molar-refractivity contribution in [3.63, 3.8) is 0 Å². The van der Waals surface area contributed by atoms with Gasteiger partial charge in [0.05, 0.1) is 12.5 Å². The van der Waals surface area contributed by atoms with Gasteiger partial charge >= 0.3 is 5.97 Å². The van der Waals surface area contributed by atoms with Crippen molar-refractivity contribution < 1.29 is 19.4 Å². The number of carboxylic acid groups (broad SMARTS) is 1. The first-order valence-electron chi connectivity index (χ1n) is 7.68. The molecule has 0 radical (unpaired) electrons. The normalized spacial score (nSPS) is 21.0. The lowest BCUT2D eigenvalue weighted by atomic mass is 10.0. The molecule has 0 bridgehead atoms. The molecule has 2 unspecified atom stereocenters. The Bertz CT molecular complexity index is 602. The number of carboxylic acids is 1. The topological polar surface area (TPSA) is 66.8 Å². The average molecular weight is 340 g/mol. The molecule has 1 aromatic rings. The highest BCUT2D eigenvalue weighted by molar-refractivity contribution is 6.31. The number of aliphatic carboxylic acids is 1. The van der Waals surface area contributed by atoms with Crippen molar-refractivity contribution in [3.05, 3.63) is 34.3 Å². The van der Waals surface area contributed by atoms with Crippen molar-refractivity contribution in [1.82, 2.24) is 4.90 Å². The number of carbonyl (C=O) groups is 2. The fraction of sp³-hybridized carbons (Fsp3) is 0.529. The van der Waals surface area contributed by atoms with Gasteiger partial charge < -0.3 is 14.7 Å². The van der Waals surface area contributed by atoms with E-state index in [1.54, 1.807) is 24.1 Å². The first-order valence-corrected chi connectivity index (χ1v) is 8.06. The van der Waals surface area contributed by atoms with Crippen molar-refractivity contribution in [1.29, 1.82) is 0 Å². The van der Waals surface area contributed by atoms with Crippen LogP contribution in [0, 0.1) is 0 Å². The Morgan fingerprint density at radius 1 is 1.43 bits per heavy atom. The standard InChI is InChI=1S/C17H22ClNO4/c1-10(2)14-5-4-11(6-15(14)18)17(22)19-9-13(23-3)7-12(19)8-16(20)21/h4-6,10,12-13H,7-9H2,1-3H3,(H,20,21). The number of hydrogen-bond donors (Lipinski definition) is 1.